The van der Waals surface area contributed by atoms with Gasteiger partial charge in [0.15, 0.2) is 5.82 Å². The molecule has 2 aliphatic carbocycles. The summed E-state index contributed by atoms with van der Waals surface area (Å²) in [5, 5.41) is 4.02. The summed E-state index contributed by atoms with van der Waals surface area (Å²) in [6.07, 6.45) is 5.72. The Balaban J connectivity index is 1.64. The molecule has 4 nitrogen and oxygen atoms in total. The highest BCUT2D eigenvalue weighted by Crippen LogP contribution is 2.45. The predicted molar refractivity (Wildman–Crippen MR) is 61.5 cm³/mol. The fourth-order valence-corrected chi connectivity index (χ4v) is 2.67. The summed E-state index contributed by atoms with van der Waals surface area (Å²) in [4.78, 5) is 16.1. The van der Waals surface area contributed by atoms with Gasteiger partial charge in [0.2, 0.25) is 5.89 Å². The molecule has 0 radical (unpaired) electrons. The van der Waals surface area contributed by atoms with E-state index in [1.807, 2.05) is 0 Å². The first-order chi connectivity index (χ1) is 8.24. The molecule has 0 bridgehead atoms. The van der Waals surface area contributed by atoms with Crippen LogP contribution in [0.2, 0.25) is 0 Å². The highest BCUT2D eigenvalue weighted by Gasteiger charge is 2.38. The molecule has 0 saturated heterocycles. The van der Waals surface area contributed by atoms with Crippen molar-refractivity contribution in [1.82, 2.24) is 10.1 Å². The number of rotatable bonds is 3. The zero-order valence-electron chi connectivity index (χ0n) is 10.2. The molecule has 1 heterocycles. The van der Waals surface area contributed by atoms with E-state index in [1.54, 1.807) is 0 Å². The maximum Gasteiger partial charge on any atom is 0.227 e. The molecule has 0 amide bonds. The number of nitrogens with zero attached hydrogens (tertiary/aromatic N) is 2. The molecule has 1 aromatic heterocycles. The molecule has 2 saturated carbocycles. The largest absolute Gasteiger partial charge is 0.339 e. The van der Waals surface area contributed by atoms with Crippen molar-refractivity contribution in [3.8, 4) is 0 Å². The fraction of sp³-hybridized carbons (Fsp3) is 0.769. The Morgan fingerprint density at radius 3 is 2.94 bits per heavy atom. The van der Waals surface area contributed by atoms with Gasteiger partial charge in [0.25, 0.3) is 0 Å². The first kappa shape index (κ1) is 10.9. The van der Waals surface area contributed by atoms with Gasteiger partial charge in [-0.1, -0.05) is 18.5 Å². The van der Waals surface area contributed by atoms with E-state index in [1.165, 1.54) is 6.42 Å². The minimum absolute atomic E-state index is 0.119. The summed E-state index contributed by atoms with van der Waals surface area (Å²) in [6.45, 7) is 2.20. The van der Waals surface area contributed by atoms with Crippen LogP contribution in [0.3, 0.4) is 0 Å². The van der Waals surface area contributed by atoms with Gasteiger partial charge in [-0.15, -0.1) is 0 Å². The number of ketones is 1. The molecule has 3 unspecified atom stereocenters. The third-order valence-electron chi connectivity index (χ3n) is 4.03. The Morgan fingerprint density at radius 2 is 2.24 bits per heavy atom. The number of aromatic nitrogens is 2. The van der Waals surface area contributed by atoms with Crippen LogP contribution in [0.15, 0.2) is 4.52 Å². The number of carbonyl (C=O) groups excluding carboxylic acids is 1. The smallest absolute Gasteiger partial charge is 0.227 e. The maximum atomic E-state index is 11.7. The number of hydrogen-bond donors (Lipinski definition) is 0. The lowest BCUT2D eigenvalue weighted by Gasteiger charge is -2.18. The Morgan fingerprint density at radius 1 is 1.41 bits per heavy atom. The topological polar surface area (TPSA) is 56.0 Å². The van der Waals surface area contributed by atoms with Crippen molar-refractivity contribution in [2.45, 2.75) is 51.4 Å². The monoisotopic (exact) mass is 234 g/mol. The minimum Gasteiger partial charge on any atom is -0.339 e. The second kappa shape index (κ2) is 4.24. The van der Waals surface area contributed by atoms with E-state index in [2.05, 4.69) is 17.1 Å². The third kappa shape index (κ3) is 2.26. The SMILES string of the molecule is CC1CC1c1noc(CC2CCCCC2=O)n1. The lowest BCUT2D eigenvalue weighted by molar-refractivity contribution is -0.124. The van der Waals surface area contributed by atoms with Crippen LogP contribution in [0.1, 0.15) is 56.7 Å². The molecular weight excluding hydrogens is 216 g/mol. The minimum atomic E-state index is 0.119. The van der Waals surface area contributed by atoms with Gasteiger partial charge in [0.05, 0.1) is 0 Å². The molecule has 17 heavy (non-hydrogen) atoms. The molecule has 0 aliphatic heterocycles. The maximum absolute atomic E-state index is 11.7. The van der Waals surface area contributed by atoms with Crippen molar-refractivity contribution >= 4 is 5.78 Å². The van der Waals surface area contributed by atoms with Crippen LogP contribution < -0.4 is 0 Å². The van der Waals surface area contributed by atoms with Crippen LogP contribution in [-0.2, 0) is 11.2 Å². The second-order valence-electron chi connectivity index (χ2n) is 5.48. The Bertz CT molecular complexity index is 427. The van der Waals surface area contributed by atoms with Crippen molar-refractivity contribution in [2.24, 2.45) is 11.8 Å². The van der Waals surface area contributed by atoms with Crippen LogP contribution in [0.5, 0.6) is 0 Å². The summed E-state index contributed by atoms with van der Waals surface area (Å²) in [6, 6.07) is 0. The Labute approximate surface area is 101 Å². The molecule has 0 N–H and O–H groups in total. The van der Waals surface area contributed by atoms with Gasteiger partial charge >= 0.3 is 0 Å². The molecule has 3 rings (SSSR count). The van der Waals surface area contributed by atoms with Gasteiger partial charge in [0, 0.05) is 24.7 Å². The predicted octanol–water partition coefficient (Wildman–Crippen LogP) is 2.49. The van der Waals surface area contributed by atoms with Crippen molar-refractivity contribution < 1.29 is 9.32 Å². The molecule has 4 heteroatoms. The summed E-state index contributed by atoms with van der Waals surface area (Å²) >= 11 is 0. The molecule has 3 atom stereocenters. The molecule has 0 spiro atoms. The Hall–Kier alpha value is -1.19. The van der Waals surface area contributed by atoms with Crippen molar-refractivity contribution in [2.75, 3.05) is 0 Å². The molecular formula is C13H18N2O2. The molecule has 2 fully saturated rings. The highest BCUT2D eigenvalue weighted by molar-refractivity contribution is 5.81. The average molecular weight is 234 g/mol. The summed E-state index contributed by atoms with van der Waals surface area (Å²) in [7, 11) is 0. The summed E-state index contributed by atoms with van der Waals surface area (Å²) < 4.78 is 5.25. The van der Waals surface area contributed by atoms with Crippen molar-refractivity contribution in [1.29, 1.82) is 0 Å². The van der Waals surface area contributed by atoms with Gasteiger partial charge in [-0.2, -0.15) is 4.98 Å². The normalized spacial score (nSPS) is 32.8. The van der Waals surface area contributed by atoms with Crippen molar-refractivity contribution in [3.63, 3.8) is 0 Å². The van der Waals surface area contributed by atoms with E-state index >= 15 is 0 Å². The van der Waals surface area contributed by atoms with E-state index in [0.29, 0.717) is 29.9 Å². The number of hydrogen-bond acceptors (Lipinski definition) is 4. The van der Waals surface area contributed by atoms with E-state index < -0.39 is 0 Å². The van der Waals surface area contributed by atoms with Crippen LogP contribution >= 0.6 is 0 Å². The first-order valence-electron chi connectivity index (χ1n) is 6.59. The van der Waals surface area contributed by atoms with Crippen LogP contribution in [0, 0.1) is 11.8 Å². The van der Waals surface area contributed by atoms with E-state index in [0.717, 1.165) is 31.5 Å². The molecule has 0 aromatic carbocycles. The second-order valence-corrected chi connectivity index (χ2v) is 5.48. The molecule has 1 aromatic rings. The fourth-order valence-electron chi connectivity index (χ4n) is 2.67. The van der Waals surface area contributed by atoms with Crippen molar-refractivity contribution in [3.05, 3.63) is 11.7 Å². The average Bonchev–Trinajstić information content (AvgIpc) is 2.88. The van der Waals surface area contributed by atoms with Gasteiger partial charge in [-0.3, -0.25) is 4.79 Å². The van der Waals surface area contributed by atoms with E-state index in [4.69, 9.17) is 4.52 Å². The zero-order valence-corrected chi connectivity index (χ0v) is 10.2. The van der Waals surface area contributed by atoms with Crippen LogP contribution in [0.25, 0.3) is 0 Å². The quantitative estimate of drug-likeness (QED) is 0.806. The van der Waals surface area contributed by atoms with Crippen LogP contribution in [0.4, 0.5) is 0 Å². The lowest BCUT2D eigenvalue weighted by Crippen LogP contribution is -2.21. The lowest BCUT2D eigenvalue weighted by atomic mass is 9.86. The van der Waals surface area contributed by atoms with Gasteiger partial charge in [-0.05, 0) is 25.2 Å². The van der Waals surface area contributed by atoms with Gasteiger partial charge in [-0.25, -0.2) is 0 Å². The first-order valence-corrected chi connectivity index (χ1v) is 6.59. The Kier molecular flexibility index (Phi) is 2.73. The highest BCUT2D eigenvalue weighted by atomic mass is 16.5. The number of Topliss-reactive ketones (excluding diaryl/α,β-unsaturated/α-hetero) is 1. The standard InChI is InChI=1S/C13H18N2O2/c1-8-6-10(8)13-14-12(17-15-13)7-9-4-2-3-5-11(9)16/h8-10H,2-7H2,1H3. The van der Waals surface area contributed by atoms with Gasteiger partial charge in [0.1, 0.15) is 5.78 Å². The third-order valence-corrected chi connectivity index (χ3v) is 4.03. The van der Waals surface area contributed by atoms with E-state index in [9.17, 15) is 4.79 Å². The van der Waals surface area contributed by atoms with Gasteiger partial charge < -0.3 is 4.52 Å². The summed E-state index contributed by atoms with van der Waals surface area (Å²) in [5.41, 5.74) is 0. The van der Waals surface area contributed by atoms with Crippen LogP contribution in [-0.4, -0.2) is 15.9 Å². The molecule has 2 aliphatic rings. The number of carbonyl (C=O) groups is 1. The molecule has 92 valence electrons. The summed E-state index contributed by atoms with van der Waals surface area (Å²) in [5.74, 6) is 3.17. The zero-order chi connectivity index (χ0) is 11.8. The van der Waals surface area contributed by atoms with E-state index in [-0.39, 0.29) is 5.92 Å².